The van der Waals surface area contributed by atoms with Gasteiger partial charge in [-0.05, 0) is 43.2 Å². The van der Waals surface area contributed by atoms with Gasteiger partial charge in [-0.3, -0.25) is 9.79 Å². The van der Waals surface area contributed by atoms with E-state index in [2.05, 4.69) is 4.99 Å². The average Bonchev–Trinajstić information content (AvgIpc) is 2.76. The Morgan fingerprint density at radius 2 is 1.74 bits per heavy atom. The maximum Gasteiger partial charge on any atom is 0.336 e. The van der Waals surface area contributed by atoms with E-state index < -0.39 is 23.8 Å². The van der Waals surface area contributed by atoms with Crippen LogP contribution in [0, 0.1) is 5.92 Å². The van der Waals surface area contributed by atoms with E-state index in [0.29, 0.717) is 22.7 Å². The van der Waals surface area contributed by atoms with Crippen molar-refractivity contribution in [2.24, 2.45) is 10.9 Å². The SMILES string of the molecule is COc1ccc(C2C(C(=O)OCC=Cc3ccccc3)=C(C)N=C(C)C2C(=O)O)cc1. The highest BCUT2D eigenvalue weighted by atomic mass is 16.5. The van der Waals surface area contributed by atoms with Gasteiger partial charge in [0.2, 0.25) is 0 Å². The van der Waals surface area contributed by atoms with Crippen LogP contribution in [0.25, 0.3) is 6.08 Å². The second-order valence-electron chi connectivity index (χ2n) is 7.23. The molecule has 0 spiro atoms. The predicted molar refractivity (Wildman–Crippen MR) is 119 cm³/mol. The Morgan fingerprint density at radius 3 is 2.35 bits per heavy atom. The molecule has 0 saturated heterocycles. The number of rotatable bonds is 7. The normalized spacial score (nSPS) is 18.6. The highest BCUT2D eigenvalue weighted by molar-refractivity contribution is 6.06. The first kappa shape index (κ1) is 22.0. The van der Waals surface area contributed by atoms with Gasteiger partial charge < -0.3 is 14.6 Å². The van der Waals surface area contributed by atoms with Crippen molar-refractivity contribution < 1.29 is 24.2 Å². The largest absolute Gasteiger partial charge is 0.497 e. The minimum Gasteiger partial charge on any atom is -0.497 e. The number of aliphatic carboxylic acids is 1. The first-order chi connectivity index (χ1) is 14.9. The molecule has 2 aromatic rings. The summed E-state index contributed by atoms with van der Waals surface area (Å²) in [7, 11) is 1.56. The highest BCUT2D eigenvalue weighted by Crippen LogP contribution is 2.40. The van der Waals surface area contributed by atoms with Crippen LogP contribution >= 0.6 is 0 Å². The molecule has 1 aliphatic heterocycles. The molecular formula is C25H25NO5. The molecule has 1 aliphatic rings. The molecule has 2 aromatic carbocycles. The van der Waals surface area contributed by atoms with Crippen molar-refractivity contribution in [1.29, 1.82) is 0 Å². The summed E-state index contributed by atoms with van der Waals surface area (Å²) in [5, 5.41) is 9.88. The van der Waals surface area contributed by atoms with Crippen LogP contribution in [0.2, 0.25) is 0 Å². The third-order valence-electron chi connectivity index (χ3n) is 5.21. The maximum absolute atomic E-state index is 13.0. The number of aliphatic imine (C=N–C) groups is 1. The van der Waals surface area contributed by atoms with Crippen LogP contribution in [0.1, 0.15) is 30.9 Å². The third-order valence-corrected chi connectivity index (χ3v) is 5.21. The van der Waals surface area contributed by atoms with Gasteiger partial charge in [-0.2, -0.15) is 0 Å². The van der Waals surface area contributed by atoms with Crippen molar-refractivity contribution in [3.05, 3.63) is 83.1 Å². The predicted octanol–water partition coefficient (Wildman–Crippen LogP) is 4.48. The number of carboxylic acid groups (broad SMARTS) is 1. The first-order valence-electron chi connectivity index (χ1n) is 9.93. The smallest absolute Gasteiger partial charge is 0.336 e. The van der Waals surface area contributed by atoms with E-state index in [4.69, 9.17) is 9.47 Å². The number of benzene rings is 2. The molecular weight excluding hydrogens is 394 g/mol. The Morgan fingerprint density at radius 1 is 1.06 bits per heavy atom. The summed E-state index contributed by atoms with van der Waals surface area (Å²) in [4.78, 5) is 29.4. The number of esters is 1. The van der Waals surface area contributed by atoms with Gasteiger partial charge in [0.15, 0.2) is 0 Å². The van der Waals surface area contributed by atoms with Crippen LogP contribution in [0.3, 0.4) is 0 Å². The lowest BCUT2D eigenvalue weighted by Gasteiger charge is -2.30. The number of hydrogen-bond acceptors (Lipinski definition) is 5. The number of methoxy groups -OCH3 is 1. The van der Waals surface area contributed by atoms with Gasteiger partial charge in [0.05, 0.1) is 12.7 Å². The molecule has 0 aromatic heterocycles. The number of hydrogen-bond donors (Lipinski definition) is 1. The molecule has 0 saturated carbocycles. The summed E-state index contributed by atoms with van der Waals surface area (Å²) in [6.45, 7) is 3.44. The van der Waals surface area contributed by atoms with Crippen molar-refractivity contribution in [1.82, 2.24) is 0 Å². The lowest BCUT2D eigenvalue weighted by molar-refractivity contribution is -0.140. The second-order valence-corrected chi connectivity index (χ2v) is 7.23. The van der Waals surface area contributed by atoms with Gasteiger partial charge in [-0.25, -0.2) is 4.79 Å². The molecule has 0 fully saturated rings. The number of carbonyl (C=O) groups excluding carboxylic acids is 1. The zero-order valence-electron chi connectivity index (χ0n) is 17.7. The molecule has 2 unspecified atom stereocenters. The average molecular weight is 419 g/mol. The molecule has 3 rings (SSSR count). The Bertz CT molecular complexity index is 1040. The van der Waals surface area contributed by atoms with Crippen LogP contribution in [-0.4, -0.2) is 36.5 Å². The fraction of sp³-hybridized carbons (Fsp3) is 0.240. The molecule has 1 heterocycles. The lowest BCUT2D eigenvalue weighted by Crippen LogP contribution is -2.35. The first-order valence-corrected chi connectivity index (χ1v) is 9.93. The van der Waals surface area contributed by atoms with Crippen molar-refractivity contribution in [3.8, 4) is 5.75 Å². The zero-order chi connectivity index (χ0) is 22.4. The van der Waals surface area contributed by atoms with E-state index in [1.54, 1.807) is 51.3 Å². The zero-order valence-corrected chi connectivity index (χ0v) is 17.7. The molecule has 0 radical (unpaired) electrons. The topological polar surface area (TPSA) is 85.2 Å². The monoisotopic (exact) mass is 419 g/mol. The van der Waals surface area contributed by atoms with Crippen molar-refractivity contribution in [2.75, 3.05) is 13.7 Å². The summed E-state index contributed by atoms with van der Waals surface area (Å²) in [6, 6.07) is 16.7. The van der Waals surface area contributed by atoms with Gasteiger partial charge in [0, 0.05) is 17.3 Å². The van der Waals surface area contributed by atoms with Crippen LogP contribution < -0.4 is 4.74 Å². The van der Waals surface area contributed by atoms with E-state index >= 15 is 0 Å². The van der Waals surface area contributed by atoms with E-state index in [1.165, 1.54) is 0 Å². The van der Waals surface area contributed by atoms with E-state index in [1.807, 2.05) is 36.4 Å². The summed E-state index contributed by atoms with van der Waals surface area (Å²) >= 11 is 0. The van der Waals surface area contributed by atoms with Crippen LogP contribution in [-0.2, 0) is 14.3 Å². The summed E-state index contributed by atoms with van der Waals surface area (Å²) in [5.41, 5.74) is 2.86. The molecule has 6 nitrogen and oxygen atoms in total. The molecule has 160 valence electrons. The Labute approximate surface area is 181 Å². The summed E-state index contributed by atoms with van der Waals surface area (Å²) in [5.74, 6) is -2.62. The quantitative estimate of drug-likeness (QED) is 0.669. The standard InChI is InChI=1S/C25H25NO5/c1-16-21(24(27)28)23(19-11-13-20(30-3)14-12-19)22(17(2)26-16)25(29)31-15-7-10-18-8-5-4-6-9-18/h4-14,21,23H,15H2,1-3H3,(H,27,28). The van der Waals surface area contributed by atoms with Gasteiger partial charge in [-0.1, -0.05) is 48.5 Å². The van der Waals surface area contributed by atoms with Gasteiger partial charge in [0.1, 0.15) is 18.3 Å². The molecule has 31 heavy (non-hydrogen) atoms. The number of allylic oxidation sites excluding steroid dienone is 1. The van der Waals surface area contributed by atoms with Gasteiger partial charge >= 0.3 is 11.9 Å². The van der Waals surface area contributed by atoms with Crippen molar-refractivity contribution >= 4 is 23.7 Å². The number of ether oxygens (including phenoxy) is 2. The van der Waals surface area contributed by atoms with Crippen LogP contribution in [0.15, 0.2) is 76.9 Å². The Balaban J connectivity index is 1.87. The number of nitrogens with zero attached hydrogens (tertiary/aromatic N) is 1. The summed E-state index contributed by atoms with van der Waals surface area (Å²) in [6.07, 6.45) is 3.61. The maximum atomic E-state index is 13.0. The fourth-order valence-corrected chi connectivity index (χ4v) is 3.74. The molecule has 1 N–H and O–H groups in total. The minimum absolute atomic E-state index is 0.0697. The molecule has 0 amide bonds. The second kappa shape index (κ2) is 9.89. The van der Waals surface area contributed by atoms with Crippen LogP contribution in [0.5, 0.6) is 5.75 Å². The fourth-order valence-electron chi connectivity index (χ4n) is 3.74. The van der Waals surface area contributed by atoms with E-state index in [9.17, 15) is 14.7 Å². The minimum atomic E-state index is -1.04. The third kappa shape index (κ3) is 5.09. The Hall–Kier alpha value is -3.67. The van der Waals surface area contributed by atoms with Crippen molar-refractivity contribution in [3.63, 3.8) is 0 Å². The van der Waals surface area contributed by atoms with Gasteiger partial charge in [0.25, 0.3) is 0 Å². The molecule has 6 heteroatoms. The molecule has 2 atom stereocenters. The van der Waals surface area contributed by atoms with Crippen LogP contribution in [0.4, 0.5) is 0 Å². The highest BCUT2D eigenvalue weighted by Gasteiger charge is 2.41. The van der Waals surface area contributed by atoms with E-state index in [0.717, 1.165) is 5.56 Å². The lowest BCUT2D eigenvalue weighted by atomic mass is 9.75. The van der Waals surface area contributed by atoms with E-state index in [-0.39, 0.29) is 12.2 Å². The summed E-state index contributed by atoms with van der Waals surface area (Å²) < 4.78 is 10.7. The number of carboxylic acids is 1. The molecule has 0 bridgehead atoms. The molecule has 0 aliphatic carbocycles. The Kier molecular flexibility index (Phi) is 7.03. The van der Waals surface area contributed by atoms with Gasteiger partial charge in [-0.15, -0.1) is 0 Å². The van der Waals surface area contributed by atoms with Crippen molar-refractivity contribution in [2.45, 2.75) is 19.8 Å². The number of carbonyl (C=O) groups is 2.